The summed E-state index contributed by atoms with van der Waals surface area (Å²) in [4.78, 5) is 6.79. The van der Waals surface area contributed by atoms with Gasteiger partial charge in [-0.1, -0.05) is 41.4 Å². The van der Waals surface area contributed by atoms with Crippen molar-refractivity contribution >= 4 is 46.2 Å². The lowest BCUT2D eigenvalue weighted by atomic mass is 10.0. The zero-order chi connectivity index (χ0) is 22.2. The molecule has 1 saturated heterocycles. The number of aromatic nitrogens is 2. The maximum Gasteiger partial charge on any atom is 0.174 e. The second kappa shape index (κ2) is 8.58. The maximum atomic E-state index is 6.58. The lowest BCUT2D eigenvalue weighted by Crippen LogP contribution is -2.30. The van der Waals surface area contributed by atoms with Gasteiger partial charge in [-0.2, -0.15) is 0 Å². The van der Waals surface area contributed by atoms with Crippen LogP contribution in [0.4, 0.5) is 5.69 Å². The van der Waals surface area contributed by atoms with Gasteiger partial charge in [0.2, 0.25) is 0 Å². The molecule has 160 valence electrons. The van der Waals surface area contributed by atoms with Gasteiger partial charge in [-0.25, -0.2) is 0 Å². The zero-order valence-corrected chi connectivity index (χ0v) is 19.6. The Morgan fingerprint density at radius 2 is 1.84 bits per heavy atom. The highest BCUT2D eigenvalue weighted by molar-refractivity contribution is 7.80. The van der Waals surface area contributed by atoms with Gasteiger partial charge in [-0.15, -0.1) is 0 Å². The highest BCUT2D eigenvalue weighted by atomic mass is 35.5. The summed E-state index contributed by atoms with van der Waals surface area (Å²) < 4.78 is 2.09. The fourth-order valence-electron chi connectivity index (χ4n) is 4.24. The normalized spacial score (nSPS) is 18.1. The summed E-state index contributed by atoms with van der Waals surface area (Å²) in [5.41, 5.74) is 5.02. The van der Waals surface area contributed by atoms with Gasteiger partial charge in [0, 0.05) is 28.8 Å². The topological polar surface area (TPSA) is 33.1 Å². The van der Waals surface area contributed by atoms with E-state index in [1.807, 2.05) is 54.9 Å². The van der Waals surface area contributed by atoms with Crippen LogP contribution in [0.15, 0.2) is 85.2 Å². The van der Waals surface area contributed by atoms with Crippen LogP contribution in [0.5, 0.6) is 0 Å². The Morgan fingerprint density at radius 3 is 2.59 bits per heavy atom. The molecule has 0 radical (unpaired) electrons. The van der Waals surface area contributed by atoms with Crippen molar-refractivity contribution in [3.05, 3.63) is 112 Å². The van der Waals surface area contributed by atoms with Crippen molar-refractivity contribution in [2.24, 2.45) is 0 Å². The average Bonchev–Trinajstić information content (AvgIpc) is 3.38. The Bertz CT molecular complexity index is 1290. The number of pyridine rings is 1. The highest BCUT2D eigenvalue weighted by Gasteiger charge is 2.42. The van der Waals surface area contributed by atoms with Crippen molar-refractivity contribution in [1.29, 1.82) is 0 Å². The summed E-state index contributed by atoms with van der Waals surface area (Å²) in [5, 5.41) is 5.35. The highest BCUT2D eigenvalue weighted by Crippen LogP contribution is 2.43. The molecule has 1 N–H and O–H groups in total. The van der Waals surface area contributed by atoms with Crippen LogP contribution in [-0.2, 0) is 0 Å². The predicted octanol–water partition coefficient (Wildman–Crippen LogP) is 6.66. The number of hydrogen-bond acceptors (Lipinski definition) is 2. The zero-order valence-electron chi connectivity index (χ0n) is 17.2. The van der Waals surface area contributed by atoms with Crippen LogP contribution in [0, 0.1) is 6.92 Å². The molecule has 3 heterocycles. The van der Waals surface area contributed by atoms with Crippen LogP contribution in [0.3, 0.4) is 0 Å². The van der Waals surface area contributed by atoms with E-state index in [1.54, 1.807) is 6.07 Å². The third-order valence-electron chi connectivity index (χ3n) is 5.63. The van der Waals surface area contributed by atoms with E-state index < -0.39 is 0 Å². The van der Waals surface area contributed by atoms with Crippen molar-refractivity contribution in [3.8, 4) is 5.69 Å². The van der Waals surface area contributed by atoms with E-state index >= 15 is 0 Å². The summed E-state index contributed by atoms with van der Waals surface area (Å²) in [6, 6.07) is 23.7. The molecule has 32 heavy (non-hydrogen) atoms. The molecule has 0 saturated carbocycles. The molecule has 2 aromatic heterocycles. The van der Waals surface area contributed by atoms with E-state index in [4.69, 9.17) is 35.4 Å². The van der Waals surface area contributed by atoms with E-state index in [9.17, 15) is 0 Å². The molecule has 5 rings (SSSR count). The Kier molecular flexibility index (Phi) is 5.64. The lowest BCUT2D eigenvalue weighted by molar-refractivity contribution is 0.549. The molecule has 1 aliphatic rings. The van der Waals surface area contributed by atoms with E-state index in [0.29, 0.717) is 15.2 Å². The molecular weight excluding hydrogens is 459 g/mol. The van der Waals surface area contributed by atoms with E-state index in [0.717, 1.165) is 22.8 Å². The summed E-state index contributed by atoms with van der Waals surface area (Å²) in [6.07, 6.45) is 3.82. The molecule has 1 aliphatic heterocycles. The largest absolute Gasteiger partial charge is 0.351 e. The number of nitrogens with zero attached hydrogens (tertiary/aromatic N) is 3. The predicted molar refractivity (Wildman–Crippen MR) is 135 cm³/mol. The number of benzene rings is 2. The molecule has 0 spiro atoms. The number of rotatable bonds is 4. The minimum atomic E-state index is -0.138. The first-order chi connectivity index (χ1) is 15.5. The molecule has 2 aromatic carbocycles. The van der Waals surface area contributed by atoms with Gasteiger partial charge < -0.3 is 14.8 Å². The van der Waals surface area contributed by atoms with Crippen molar-refractivity contribution in [2.75, 3.05) is 4.90 Å². The minimum Gasteiger partial charge on any atom is -0.351 e. The Balaban J connectivity index is 1.69. The molecule has 2 atom stereocenters. The molecule has 0 aliphatic carbocycles. The van der Waals surface area contributed by atoms with Crippen molar-refractivity contribution in [3.63, 3.8) is 0 Å². The smallest absolute Gasteiger partial charge is 0.174 e. The van der Waals surface area contributed by atoms with E-state index in [1.165, 1.54) is 5.56 Å². The molecule has 0 bridgehead atoms. The number of halogens is 2. The second-order valence-corrected chi connectivity index (χ2v) is 8.96. The van der Waals surface area contributed by atoms with Gasteiger partial charge in [0.1, 0.15) is 6.04 Å². The molecule has 7 heteroatoms. The van der Waals surface area contributed by atoms with Crippen molar-refractivity contribution in [1.82, 2.24) is 14.9 Å². The van der Waals surface area contributed by atoms with Crippen LogP contribution in [0.1, 0.15) is 29.0 Å². The van der Waals surface area contributed by atoms with Gasteiger partial charge >= 0.3 is 0 Å². The van der Waals surface area contributed by atoms with Crippen LogP contribution in [0.25, 0.3) is 5.69 Å². The molecular formula is C25H20Cl2N4S. The first kappa shape index (κ1) is 21.0. The van der Waals surface area contributed by atoms with Crippen LogP contribution >= 0.6 is 35.4 Å². The van der Waals surface area contributed by atoms with Gasteiger partial charge in [-0.3, -0.25) is 4.98 Å². The third-order valence-corrected chi connectivity index (χ3v) is 6.48. The van der Waals surface area contributed by atoms with Crippen molar-refractivity contribution < 1.29 is 0 Å². The number of hydrogen-bond donors (Lipinski definition) is 1. The fraction of sp³-hybridized carbons (Fsp3) is 0.120. The molecule has 4 aromatic rings. The summed E-state index contributed by atoms with van der Waals surface area (Å²) >= 11 is 18.6. The van der Waals surface area contributed by atoms with Gasteiger partial charge in [0.15, 0.2) is 5.11 Å². The Labute approximate surface area is 202 Å². The van der Waals surface area contributed by atoms with E-state index in [-0.39, 0.29) is 12.1 Å². The van der Waals surface area contributed by atoms with E-state index in [2.05, 4.69) is 51.0 Å². The minimum absolute atomic E-state index is 0.135. The summed E-state index contributed by atoms with van der Waals surface area (Å²) in [7, 11) is 0. The third kappa shape index (κ3) is 3.77. The standard InChI is InChI=1S/C25H20Cl2N4S/c1-16-6-4-7-18(14-16)31-24(23(29-25(31)32)20-8-2-3-12-28-20)22-9-5-13-30(22)21-11-10-17(26)15-19(21)27/h2-15,23-24H,1H3,(H,29,32)/t23-,24+/m0/s1. The molecule has 4 nitrogen and oxygen atoms in total. The number of anilines is 1. The Morgan fingerprint density at radius 1 is 0.969 bits per heavy atom. The molecule has 0 unspecified atom stereocenters. The SMILES string of the molecule is Cc1cccc(N2C(=S)N[C@@H](c3ccccn3)[C@H]2c2cccn2-c2ccc(Cl)cc2Cl)c1. The number of nitrogens with one attached hydrogen (secondary N) is 1. The first-order valence-corrected chi connectivity index (χ1v) is 11.4. The second-order valence-electron chi connectivity index (χ2n) is 7.73. The van der Waals surface area contributed by atoms with Gasteiger partial charge in [-0.05, 0) is 79.3 Å². The van der Waals surface area contributed by atoms with Gasteiger partial charge in [0.05, 0.1) is 22.4 Å². The number of thiocarbonyl (C=S) groups is 1. The first-order valence-electron chi connectivity index (χ1n) is 10.2. The van der Waals surface area contributed by atoms with Crippen LogP contribution in [0.2, 0.25) is 10.0 Å². The number of aryl methyl sites for hydroxylation is 1. The van der Waals surface area contributed by atoms with Crippen molar-refractivity contribution in [2.45, 2.75) is 19.0 Å². The quantitative estimate of drug-likeness (QED) is 0.332. The Hall–Kier alpha value is -2.86. The fourth-order valence-corrected chi connectivity index (χ4v) is 5.09. The lowest BCUT2D eigenvalue weighted by Gasteiger charge is -2.29. The maximum absolute atomic E-state index is 6.58. The summed E-state index contributed by atoms with van der Waals surface area (Å²) in [6.45, 7) is 2.08. The van der Waals surface area contributed by atoms with Gasteiger partial charge in [0.25, 0.3) is 0 Å². The molecule has 1 fully saturated rings. The average molecular weight is 479 g/mol. The molecule has 0 amide bonds. The van der Waals surface area contributed by atoms with Crippen LogP contribution < -0.4 is 10.2 Å². The monoisotopic (exact) mass is 478 g/mol. The summed E-state index contributed by atoms with van der Waals surface area (Å²) in [5.74, 6) is 0. The van der Waals surface area contributed by atoms with Crippen LogP contribution in [-0.4, -0.2) is 14.7 Å².